The number of ketones is 3. The zero-order valence-electron chi connectivity index (χ0n) is 62.4. The number of nitrogens with one attached hydrogen (secondary N) is 5. The van der Waals surface area contributed by atoms with Crippen LogP contribution in [0.3, 0.4) is 0 Å². The molecule has 3 rings (SSSR count). The first-order valence-electron chi connectivity index (χ1n) is 34.4. The standard InChI is InChI=1S/C72H115N9O16.CO2/c1-50(82)45-78-33-34-79(46-51(2)83)36-39-81(48-63(88)95-70(9,10)11)40-38-80(37-35-78)47-60(85)74-44-55(84)43-54(65(90)96-71(12,13)14)41-53-26-28-56(29-27-53)93-49-61(86)75-58(42-52-23-19-18-20-24-52)64(89)73-32-22-21-25-59(68(3,4)5)77-67(92)76-57(66(91)97-72(15,16)17)30-31-62(87)94-69(6,7)8;2-1-3/h18-20,23-24,26-29,54,57-59H,21-22,25,30-49H2,1-17H3,(H,73,89)(H,74,85)(H,75,86)(H2,76,77,92);/t54-,57+,58+,59+;/m1./s1. The fraction of sp³-hybridized carbons (Fsp3) is 0.671. The number of benzene rings is 2. The van der Waals surface area contributed by atoms with Gasteiger partial charge in [-0.05, 0) is 158 Å². The van der Waals surface area contributed by atoms with E-state index in [-0.39, 0.29) is 95.1 Å². The first-order chi connectivity index (χ1) is 46.4. The van der Waals surface area contributed by atoms with Gasteiger partial charge < -0.3 is 50.3 Å². The van der Waals surface area contributed by atoms with Gasteiger partial charge in [0.2, 0.25) is 11.8 Å². The fourth-order valence-corrected chi connectivity index (χ4v) is 10.4. The SMILES string of the molecule is CC(=O)CN1CCN(CC(C)=O)CCN(CC(=O)OC(C)(C)C)CCN(CC(=O)NCC(=O)C[C@@H](Cc2ccc(OCC(=O)N[C@@H](Cc3ccccc3)C(=O)NCCCC[C@H](NC(=O)N[C@@H](CCC(=O)OC(C)(C)C)C(=O)OC(C)(C)C)C(C)(C)C)cc2)C(=O)OC(C)(C)C)CC1.O=C=O. The van der Waals surface area contributed by atoms with Crippen molar-refractivity contribution in [2.45, 2.75) is 210 Å². The van der Waals surface area contributed by atoms with E-state index in [1.165, 1.54) is 13.8 Å². The van der Waals surface area contributed by atoms with Crippen LogP contribution in [0.5, 0.6) is 5.75 Å². The van der Waals surface area contributed by atoms with Crippen LogP contribution in [0.2, 0.25) is 0 Å². The Balaban J connectivity index is 0.0000111. The van der Waals surface area contributed by atoms with Crippen LogP contribution in [0, 0.1) is 11.3 Å². The molecule has 0 unspecified atom stereocenters. The number of Topliss-reactive ketones (excluding diaryl/α,β-unsaturated/α-hetero) is 3. The minimum Gasteiger partial charge on any atom is -0.484 e. The molecule has 2 aromatic rings. The Bertz CT molecular complexity index is 2990. The summed E-state index contributed by atoms with van der Waals surface area (Å²) in [6.07, 6.45) is 1.81. The summed E-state index contributed by atoms with van der Waals surface area (Å²) in [4.78, 5) is 169. The highest BCUT2D eigenvalue weighted by Crippen LogP contribution is 2.25. The van der Waals surface area contributed by atoms with Crippen molar-refractivity contribution in [1.29, 1.82) is 0 Å². The van der Waals surface area contributed by atoms with Crippen LogP contribution < -0.4 is 31.3 Å². The van der Waals surface area contributed by atoms with E-state index in [2.05, 4.69) is 26.6 Å². The average Bonchev–Trinajstić information content (AvgIpc) is 0.873. The summed E-state index contributed by atoms with van der Waals surface area (Å²) in [5, 5.41) is 14.2. The van der Waals surface area contributed by atoms with Gasteiger partial charge in [0.05, 0.1) is 38.6 Å². The van der Waals surface area contributed by atoms with Gasteiger partial charge in [-0.1, -0.05) is 63.2 Å². The summed E-state index contributed by atoms with van der Waals surface area (Å²) in [5.74, 6) is -4.61. The van der Waals surface area contributed by atoms with E-state index in [1.54, 1.807) is 107 Å². The molecular weight excluding hydrogens is 1290 g/mol. The second kappa shape index (κ2) is 43.0. The molecule has 0 aromatic heterocycles. The van der Waals surface area contributed by atoms with Gasteiger partial charge in [-0.15, -0.1) is 0 Å². The van der Waals surface area contributed by atoms with Gasteiger partial charge in [0.25, 0.3) is 5.91 Å². The van der Waals surface area contributed by atoms with Crippen LogP contribution in [0.1, 0.15) is 167 Å². The van der Waals surface area contributed by atoms with Gasteiger partial charge in [-0.2, -0.15) is 9.59 Å². The quantitative estimate of drug-likeness (QED) is 0.0341. The van der Waals surface area contributed by atoms with Gasteiger partial charge in [-0.3, -0.25) is 62.8 Å². The van der Waals surface area contributed by atoms with Crippen molar-refractivity contribution in [2.24, 2.45) is 11.3 Å². The van der Waals surface area contributed by atoms with Gasteiger partial charge in [0, 0.05) is 84.2 Å². The van der Waals surface area contributed by atoms with E-state index in [4.69, 9.17) is 33.3 Å². The maximum Gasteiger partial charge on any atom is 0.373 e. The lowest BCUT2D eigenvalue weighted by atomic mass is 9.84. The summed E-state index contributed by atoms with van der Waals surface area (Å²) in [6, 6.07) is 12.9. The van der Waals surface area contributed by atoms with Crippen LogP contribution in [0.15, 0.2) is 54.6 Å². The fourth-order valence-electron chi connectivity index (χ4n) is 10.4. The molecule has 1 fully saturated rings. The zero-order valence-corrected chi connectivity index (χ0v) is 62.4. The van der Waals surface area contributed by atoms with Crippen molar-refractivity contribution in [3.8, 4) is 5.75 Å². The van der Waals surface area contributed by atoms with E-state index in [0.717, 1.165) is 5.56 Å². The Labute approximate surface area is 591 Å². The number of rotatable bonds is 33. The number of carbonyl (C=O) groups excluding carboxylic acids is 13. The van der Waals surface area contributed by atoms with Gasteiger partial charge in [-0.25, -0.2) is 9.59 Å². The molecule has 560 valence electrons. The van der Waals surface area contributed by atoms with Gasteiger partial charge in [0.1, 0.15) is 51.8 Å². The molecule has 27 heteroatoms. The average molecular weight is 1410 g/mol. The molecule has 1 saturated heterocycles. The van der Waals surface area contributed by atoms with Crippen molar-refractivity contribution in [3.63, 3.8) is 0 Å². The number of amides is 5. The number of hydrogen-bond donors (Lipinski definition) is 5. The largest absolute Gasteiger partial charge is 0.484 e. The van der Waals surface area contributed by atoms with Gasteiger partial charge in [0.15, 0.2) is 12.4 Å². The molecule has 1 aliphatic rings. The van der Waals surface area contributed by atoms with Crippen LogP contribution in [0.25, 0.3) is 0 Å². The minimum atomic E-state index is -1.12. The summed E-state index contributed by atoms with van der Waals surface area (Å²) < 4.78 is 28.2. The smallest absolute Gasteiger partial charge is 0.373 e. The van der Waals surface area contributed by atoms with E-state index in [0.29, 0.717) is 82.9 Å². The Morgan fingerprint density at radius 1 is 0.490 bits per heavy atom. The number of carbonyl (C=O) groups is 11. The van der Waals surface area contributed by atoms with E-state index in [9.17, 15) is 52.7 Å². The Morgan fingerprint density at radius 2 is 0.960 bits per heavy atom. The summed E-state index contributed by atoms with van der Waals surface area (Å²) >= 11 is 0. The molecule has 0 aliphatic carbocycles. The van der Waals surface area contributed by atoms with Crippen molar-refractivity contribution < 1.29 is 86.0 Å². The maximum atomic E-state index is 13.8. The Kier molecular flexibility index (Phi) is 37.9. The van der Waals surface area contributed by atoms with Crippen molar-refractivity contribution in [3.05, 3.63) is 65.7 Å². The first-order valence-corrected chi connectivity index (χ1v) is 34.4. The lowest BCUT2D eigenvalue weighted by Crippen LogP contribution is -2.53. The highest BCUT2D eigenvalue weighted by molar-refractivity contribution is 5.90. The molecule has 1 heterocycles. The lowest BCUT2D eigenvalue weighted by molar-refractivity contribution is -0.192. The van der Waals surface area contributed by atoms with Crippen LogP contribution >= 0.6 is 0 Å². The lowest BCUT2D eigenvalue weighted by Gasteiger charge is -2.33. The Morgan fingerprint density at radius 3 is 1.45 bits per heavy atom. The molecule has 27 nitrogen and oxygen atoms in total. The number of esters is 4. The van der Waals surface area contributed by atoms with Crippen molar-refractivity contribution in [1.82, 2.24) is 46.2 Å². The topological polar surface area (TPSA) is 341 Å². The molecule has 0 spiro atoms. The number of urea groups is 1. The molecule has 5 N–H and O–H groups in total. The normalized spacial score (nSPS) is 15.3. The molecule has 100 heavy (non-hydrogen) atoms. The van der Waals surface area contributed by atoms with Crippen LogP contribution in [0.4, 0.5) is 4.79 Å². The summed E-state index contributed by atoms with van der Waals surface area (Å²) in [7, 11) is 0. The van der Waals surface area contributed by atoms with Crippen LogP contribution in [-0.4, -0.2) is 229 Å². The maximum absolute atomic E-state index is 13.8. The highest BCUT2D eigenvalue weighted by atomic mass is 16.6. The van der Waals surface area contributed by atoms with Crippen molar-refractivity contribution in [2.75, 3.05) is 98.2 Å². The highest BCUT2D eigenvalue weighted by Gasteiger charge is 2.33. The molecule has 1 aliphatic heterocycles. The van der Waals surface area contributed by atoms with E-state index >= 15 is 0 Å². The second-order valence-electron chi connectivity index (χ2n) is 30.4. The monoisotopic (exact) mass is 1410 g/mol. The molecular formula is C73H115N9O18. The molecule has 0 saturated carbocycles. The minimum absolute atomic E-state index is 0.00221. The molecule has 2 aromatic carbocycles. The van der Waals surface area contributed by atoms with E-state index in [1.807, 2.05) is 70.7 Å². The number of hydrogen-bond acceptors (Lipinski definition) is 22. The first kappa shape index (κ1) is 88.1. The van der Waals surface area contributed by atoms with E-state index < -0.39 is 106 Å². The number of unbranched alkanes of at least 4 members (excludes halogenated alkanes) is 1. The van der Waals surface area contributed by atoms with Crippen molar-refractivity contribution >= 4 is 71.1 Å². The third-order valence-electron chi connectivity index (χ3n) is 15.0. The predicted octanol–water partition coefficient (Wildman–Crippen LogP) is 5.36. The second-order valence-corrected chi connectivity index (χ2v) is 30.4. The number of ether oxygens (including phenoxy) is 5. The molecule has 4 atom stereocenters. The summed E-state index contributed by atoms with van der Waals surface area (Å²) in [6.45, 7) is 33.2. The zero-order chi connectivity index (χ0) is 75.6. The summed E-state index contributed by atoms with van der Waals surface area (Å²) in [5.41, 5.74) is -2.05. The molecule has 5 amide bonds. The van der Waals surface area contributed by atoms with Gasteiger partial charge >= 0.3 is 36.1 Å². The van der Waals surface area contributed by atoms with Crippen LogP contribution in [-0.2, 0) is 89.3 Å². The third kappa shape index (κ3) is 41.6. The predicted molar refractivity (Wildman–Crippen MR) is 374 cm³/mol. The number of nitrogens with zero attached hydrogens (tertiary/aromatic N) is 4. The third-order valence-corrected chi connectivity index (χ3v) is 15.0. The molecule has 0 radical (unpaired) electrons. The molecule has 0 bridgehead atoms. The Hall–Kier alpha value is -7.97.